The van der Waals surface area contributed by atoms with Crippen LogP contribution in [0, 0.1) is 0 Å². The van der Waals surface area contributed by atoms with E-state index >= 15 is 0 Å². The lowest BCUT2D eigenvalue weighted by Crippen LogP contribution is -2.24. The standard InChI is InChI=1S/C52H42N2O/c1-52(2)31-30-36-32-47(53(37-16-8-4-9-17-37)38-18-10-5-11-19-38)43-29-28-42-44(35-24-26-41(55-3)27-25-35)34-48(45-33-46(52)49(36)51(43)50(42)45)54(39-20-12-6-13-21-39)40-22-14-7-15-23-40/h4-29,32-34H,30-31H2,1-3H3. The molecule has 0 saturated heterocycles. The minimum absolute atomic E-state index is 0.00387. The number of hydrogen-bond acceptors (Lipinski definition) is 3. The van der Waals surface area contributed by atoms with Crippen LogP contribution in [0.5, 0.6) is 5.75 Å². The fourth-order valence-electron chi connectivity index (χ4n) is 9.00. The maximum Gasteiger partial charge on any atom is 0.118 e. The zero-order chi connectivity index (χ0) is 37.1. The third-order valence-corrected chi connectivity index (χ3v) is 11.7. The second kappa shape index (κ2) is 13.1. The molecule has 0 bridgehead atoms. The number of aryl methyl sites for hydroxylation is 1. The Balaban J connectivity index is 1.39. The molecule has 1 aliphatic carbocycles. The first-order chi connectivity index (χ1) is 27.0. The van der Waals surface area contributed by atoms with Crippen LogP contribution >= 0.6 is 0 Å². The van der Waals surface area contributed by atoms with Crippen LogP contribution in [0.3, 0.4) is 0 Å². The highest BCUT2D eigenvalue weighted by Gasteiger charge is 2.33. The van der Waals surface area contributed by atoms with Gasteiger partial charge in [-0.3, -0.25) is 0 Å². The zero-order valence-electron chi connectivity index (χ0n) is 31.5. The molecule has 1 aliphatic rings. The summed E-state index contributed by atoms with van der Waals surface area (Å²) in [4.78, 5) is 4.90. The maximum atomic E-state index is 5.62. The molecular weight excluding hydrogens is 669 g/mol. The lowest BCUT2D eigenvalue weighted by molar-refractivity contribution is 0.415. The van der Waals surface area contributed by atoms with Gasteiger partial charge in [-0.1, -0.05) is 111 Å². The average molecular weight is 711 g/mol. The highest BCUT2D eigenvalue weighted by atomic mass is 16.5. The van der Waals surface area contributed by atoms with Gasteiger partial charge in [-0.05, 0) is 130 Å². The molecular formula is C52H42N2O. The number of para-hydroxylation sites is 4. The van der Waals surface area contributed by atoms with Crippen molar-refractivity contribution in [2.24, 2.45) is 0 Å². The van der Waals surface area contributed by atoms with Gasteiger partial charge in [0.25, 0.3) is 0 Å². The van der Waals surface area contributed by atoms with Crippen molar-refractivity contribution in [2.45, 2.75) is 32.1 Å². The fraction of sp³-hybridized carbons (Fsp3) is 0.115. The predicted molar refractivity (Wildman–Crippen MR) is 233 cm³/mol. The summed E-state index contributed by atoms with van der Waals surface area (Å²) in [6, 6.07) is 64.1. The molecule has 9 aromatic carbocycles. The van der Waals surface area contributed by atoms with E-state index in [1.165, 1.54) is 54.7 Å². The molecule has 266 valence electrons. The molecule has 9 aromatic rings. The second-order valence-electron chi connectivity index (χ2n) is 15.4. The van der Waals surface area contributed by atoms with Crippen LogP contribution in [-0.2, 0) is 11.8 Å². The van der Waals surface area contributed by atoms with Gasteiger partial charge < -0.3 is 14.5 Å². The lowest BCUT2D eigenvalue weighted by Gasteiger charge is -2.37. The van der Waals surface area contributed by atoms with Gasteiger partial charge >= 0.3 is 0 Å². The summed E-state index contributed by atoms with van der Waals surface area (Å²) in [5.41, 5.74) is 12.1. The van der Waals surface area contributed by atoms with E-state index in [0.717, 1.165) is 52.6 Å². The number of nitrogens with zero attached hydrogens (tertiary/aromatic N) is 2. The Morgan fingerprint density at radius 1 is 0.473 bits per heavy atom. The molecule has 10 rings (SSSR count). The van der Waals surface area contributed by atoms with E-state index in [2.05, 4.69) is 200 Å². The Morgan fingerprint density at radius 2 is 0.964 bits per heavy atom. The summed E-state index contributed by atoms with van der Waals surface area (Å²) in [6.45, 7) is 4.87. The Hall–Kier alpha value is -6.58. The number of rotatable bonds is 8. The molecule has 0 amide bonds. The van der Waals surface area contributed by atoms with Crippen molar-refractivity contribution < 1.29 is 4.74 Å². The molecule has 3 heteroatoms. The van der Waals surface area contributed by atoms with E-state index in [9.17, 15) is 0 Å². The van der Waals surface area contributed by atoms with Crippen molar-refractivity contribution in [3.8, 4) is 16.9 Å². The summed E-state index contributed by atoms with van der Waals surface area (Å²) < 4.78 is 5.62. The normalized spacial score (nSPS) is 13.4. The van der Waals surface area contributed by atoms with E-state index in [1.54, 1.807) is 7.11 Å². The molecule has 55 heavy (non-hydrogen) atoms. The fourth-order valence-corrected chi connectivity index (χ4v) is 9.00. The van der Waals surface area contributed by atoms with Crippen molar-refractivity contribution in [1.29, 1.82) is 0 Å². The molecule has 0 spiro atoms. The zero-order valence-corrected chi connectivity index (χ0v) is 31.5. The molecule has 0 N–H and O–H groups in total. The van der Waals surface area contributed by atoms with Crippen molar-refractivity contribution in [1.82, 2.24) is 0 Å². The summed E-state index contributed by atoms with van der Waals surface area (Å²) in [5.74, 6) is 0.849. The molecule has 0 aromatic heterocycles. The van der Waals surface area contributed by atoms with Crippen LogP contribution in [-0.4, -0.2) is 7.11 Å². The Labute approximate surface area is 323 Å². The SMILES string of the molecule is COc1ccc(-c2cc(N(c3ccccc3)c3ccccc3)c3cc4c5c(cc(N(c6ccccc6)c6ccccc6)c6ccc2c3c65)CCC4(C)C)cc1. The van der Waals surface area contributed by atoms with Gasteiger partial charge in [-0.25, -0.2) is 0 Å². The maximum absolute atomic E-state index is 5.62. The Morgan fingerprint density at radius 3 is 1.47 bits per heavy atom. The summed E-state index contributed by atoms with van der Waals surface area (Å²) in [5, 5.41) is 7.84. The van der Waals surface area contributed by atoms with Crippen LogP contribution in [0.4, 0.5) is 34.1 Å². The summed E-state index contributed by atoms with van der Waals surface area (Å²) >= 11 is 0. The highest BCUT2D eigenvalue weighted by molar-refractivity contribution is 6.32. The van der Waals surface area contributed by atoms with Crippen LogP contribution < -0.4 is 14.5 Å². The first-order valence-corrected chi connectivity index (χ1v) is 19.3. The first kappa shape index (κ1) is 33.0. The Kier molecular flexibility index (Phi) is 7.85. The lowest BCUT2D eigenvalue weighted by atomic mass is 9.70. The largest absolute Gasteiger partial charge is 0.497 e. The van der Waals surface area contributed by atoms with Crippen LogP contribution in [0.2, 0.25) is 0 Å². The van der Waals surface area contributed by atoms with Gasteiger partial charge in [0.1, 0.15) is 5.75 Å². The number of methoxy groups -OCH3 is 1. The second-order valence-corrected chi connectivity index (χ2v) is 15.4. The van der Waals surface area contributed by atoms with Gasteiger partial charge in [0.15, 0.2) is 0 Å². The van der Waals surface area contributed by atoms with Crippen LogP contribution in [0.25, 0.3) is 43.4 Å². The minimum Gasteiger partial charge on any atom is -0.497 e. The highest BCUT2D eigenvalue weighted by Crippen LogP contribution is 2.54. The summed E-state index contributed by atoms with van der Waals surface area (Å²) in [7, 11) is 1.73. The number of hydrogen-bond donors (Lipinski definition) is 0. The first-order valence-electron chi connectivity index (χ1n) is 19.3. The topological polar surface area (TPSA) is 15.7 Å². The predicted octanol–water partition coefficient (Wildman–Crippen LogP) is 14.4. The van der Waals surface area contributed by atoms with E-state index in [0.29, 0.717) is 0 Å². The number of ether oxygens (including phenoxy) is 1. The molecule has 0 radical (unpaired) electrons. The smallest absolute Gasteiger partial charge is 0.118 e. The van der Waals surface area contributed by atoms with Crippen LogP contribution in [0.1, 0.15) is 31.4 Å². The van der Waals surface area contributed by atoms with E-state index in [4.69, 9.17) is 4.74 Å². The van der Waals surface area contributed by atoms with Crippen molar-refractivity contribution in [3.05, 3.63) is 187 Å². The van der Waals surface area contributed by atoms with Gasteiger partial charge in [-0.2, -0.15) is 0 Å². The molecule has 0 fully saturated rings. The molecule has 0 aliphatic heterocycles. The molecule has 0 atom stereocenters. The third kappa shape index (κ3) is 5.41. The molecule has 0 unspecified atom stereocenters. The number of benzene rings is 9. The van der Waals surface area contributed by atoms with Gasteiger partial charge in [0, 0.05) is 44.3 Å². The van der Waals surface area contributed by atoms with Crippen molar-refractivity contribution >= 4 is 66.4 Å². The quantitative estimate of drug-likeness (QED) is 0.146. The van der Waals surface area contributed by atoms with E-state index in [-0.39, 0.29) is 5.41 Å². The third-order valence-electron chi connectivity index (χ3n) is 11.7. The van der Waals surface area contributed by atoms with Gasteiger partial charge in [0.2, 0.25) is 0 Å². The van der Waals surface area contributed by atoms with E-state index in [1.807, 2.05) is 0 Å². The van der Waals surface area contributed by atoms with Crippen LogP contribution in [0.15, 0.2) is 176 Å². The molecule has 0 saturated carbocycles. The monoisotopic (exact) mass is 710 g/mol. The Bertz CT molecular complexity index is 2720. The van der Waals surface area contributed by atoms with Gasteiger partial charge in [0.05, 0.1) is 18.5 Å². The number of anilines is 6. The van der Waals surface area contributed by atoms with Crippen molar-refractivity contribution in [2.75, 3.05) is 16.9 Å². The van der Waals surface area contributed by atoms with Crippen molar-refractivity contribution in [3.63, 3.8) is 0 Å². The minimum atomic E-state index is -0.00387. The molecule has 3 nitrogen and oxygen atoms in total. The molecule has 0 heterocycles. The summed E-state index contributed by atoms with van der Waals surface area (Å²) in [6.07, 6.45) is 2.11. The van der Waals surface area contributed by atoms with E-state index < -0.39 is 0 Å². The van der Waals surface area contributed by atoms with Gasteiger partial charge in [-0.15, -0.1) is 0 Å². The average Bonchev–Trinajstić information content (AvgIpc) is 3.24.